The van der Waals surface area contributed by atoms with Gasteiger partial charge in [0.25, 0.3) is 0 Å². The lowest BCUT2D eigenvalue weighted by Gasteiger charge is -2.15. The van der Waals surface area contributed by atoms with E-state index < -0.39 is 0 Å². The van der Waals surface area contributed by atoms with E-state index in [2.05, 4.69) is 57.3 Å². The zero-order valence-electron chi connectivity index (χ0n) is 11.1. The first-order valence-electron chi connectivity index (χ1n) is 6.39. The van der Waals surface area contributed by atoms with E-state index in [-0.39, 0.29) is 0 Å². The number of hydrogen-bond acceptors (Lipinski definition) is 1. The number of benzene rings is 1. The first kappa shape index (κ1) is 13.2. The van der Waals surface area contributed by atoms with Crippen molar-refractivity contribution in [1.29, 1.82) is 0 Å². The minimum Gasteiger partial charge on any atom is -0.310 e. The monoisotopic (exact) mass is 219 g/mol. The highest BCUT2D eigenvalue weighted by Gasteiger charge is 2.03. The van der Waals surface area contributed by atoms with Crippen LogP contribution in [0.4, 0.5) is 0 Å². The van der Waals surface area contributed by atoms with Gasteiger partial charge >= 0.3 is 0 Å². The Kier molecular flexibility index (Phi) is 5.54. The third kappa shape index (κ3) is 4.80. The second-order valence-electron chi connectivity index (χ2n) is 5.12. The van der Waals surface area contributed by atoms with E-state index in [9.17, 15) is 0 Å². The van der Waals surface area contributed by atoms with Crippen molar-refractivity contribution >= 4 is 0 Å². The summed E-state index contributed by atoms with van der Waals surface area (Å²) in [5.41, 5.74) is 2.71. The normalized spacial score (nSPS) is 13.1. The predicted octanol–water partition coefficient (Wildman–Crippen LogP) is 4.08. The largest absolute Gasteiger partial charge is 0.310 e. The van der Waals surface area contributed by atoms with Crippen molar-refractivity contribution in [3.63, 3.8) is 0 Å². The van der Waals surface area contributed by atoms with E-state index in [0.29, 0.717) is 6.04 Å². The molecule has 0 saturated heterocycles. The summed E-state index contributed by atoms with van der Waals surface area (Å²) in [4.78, 5) is 0. The van der Waals surface area contributed by atoms with Gasteiger partial charge in [0.15, 0.2) is 0 Å². The molecule has 0 fully saturated rings. The zero-order valence-corrected chi connectivity index (χ0v) is 11.1. The average molecular weight is 219 g/mol. The maximum atomic E-state index is 3.57. The van der Waals surface area contributed by atoms with Crippen LogP contribution in [0.2, 0.25) is 0 Å². The van der Waals surface area contributed by atoms with Crippen LogP contribution in [-0.2, 0) is 0 Å². The highest BCUT2D eigenvalue weighted by atomic mass is 14.9. The second-order valence-corrected chi connectivity index (χ2v) is 5.12. The van der Waals surface area contributed by atoms with Crippen LogP contribution in [0.25, 0.3) is 0 Å². The van der Waals surface area contributed by atoms with E-state index >= 15 is 0 Å². The quantitative estimate of drug-likeness (QED) is 0.711. The Morgan fingerprint density at radius 3 is 2.25 bits per heavy atom. The molecule has 0 aliphatic carbocycles. The van der Waals surface area contributed by atoms with Crippen molar-refractivity contribution in [2.24, 2.45) is 5.92 Å². The van der Waals surface area contributed by atoms with Gasteiger partial charge in [0.1, 0.15) is 0 Å². The lowest BCUT2D eigenvalue weighted by Crippen LogP contribution is -2.20. The van der Waals surface area contributed by atoms with Gasteiger partial charge in [-0.05, 0) is 44.7 Å². The molecule has 0 spiro atoms. The van der Waals surface area contributed by atoms with Crippen molar-refractivity contribution in [3.8, 4) is 0 Å². The first-order chi connectivity index (χ1) is 7.59. The molecule has 1 nitrogen and oxygen atoms in total. The van der Waals surface area contributed by atoms with Crippen molar-refractivity contribution in [1.82, 2.24) is 5.32 Å². The Bertz CT molecular complexity index is 287. The van der Waals surface area contributed by atoms with Gasteiger partial charge in [0.2, 0.25) is 0 Å². The molecule has 90 valence electrons. The first-order valence-corrected chi connectivity index (χ1v) is 6.39. The summed E-state index contributed by atoms with van der Waals surface area (Å²) >= 11 is 0. The summed E-state index contributed by atoms with van der Waals surface area (Å²) < 4.78 is 0. The van der Waals surface area contributed by atoms with Crippen molar-refractivity contribution in [3.05, 3.63) is 35.4 Å². The smallest absolute Gasteiger partial charge is 0.0291 e. The average Bonchev–Trinajstić information content (AvgIpc) is 2.25. The minimum absolute atomic E-state index is 0.466. The van der Waals surface area contributed by atoms with Gasteiger partial charge in [-0.3, -0.25) is 0 Å². The third-order valence-corrected chi connectivity index (χ3v) is 2.99. The van der Waals surface area contributed by atoms with Crippen LogP contribution in [0, 0.1) is 12.8 Å². The fourth-order valence-corrected chi connectivity index (χ4v) is 1.80. The molecule has 0 bridgehead atoms. The lowest BCUT2D eigenvalue weighted by atomic mass is 10.1. The molecule has 1 atom stereocenters. The Hall–Kier alpha value is -0.820. The molecule has 1 N–H and O–H groups in total. The van der Waals surface area contributed by atoms with Crippen LogP contribution >= 0.6 is 0 Å². The van der Waals surface area contributed by atoms with Crippen LogP contribution in [0.1, 0.15) is 50.8 Å². The molecule has 0 unspecified atom stereocenters. The molecule has 0 aromatic heterocycles. The van der Waals surface area contributed by atoms with Gasteiger partial charge in [0, 0.05) is 6.04 Å². The Morgan fingerprint density at radius 1 is 1.06 bits per heavy atom. The van der Waals surface area contributed by atoms with Crippen LogP contribution in [0.3, 0.4) is 0 Å². The Morgan fingerprint density at radius 2 is 1.69 bits per heavy atom. The Balaban J connectivity index is 2.29. The summed E-state index contributed by atoms with van der Waals surface area (Å²) in [5.74, 6) is 0.816. The molecular formula is C15H25N. The molecule has 0 amide bonds. The van der Waals surface area contributed by atoms with Gasteiger partial charge in [0.05, 0.1) is 0 Å². The number of hydrogen-bond donors (Lipinski definition) is 1. The van der Waals surface area contributed by atoms with E-state index in [1.165, 1.54) is 24.0 Å². The van der Waals surface area contributed by atoms with E-state index in [1.54, 1.807) is 0 Å². The number of nitrogens with one attached hydrogen (secondary N) is 1. The molecule has 16 heavy (non-hydrogen) atoms. The summed E-state index contributed by atoms with van der Waals surface area (Å²) in [6, 6.07) is 9.27. The molecule has 0 heterocycles. The second kappa shape index (κ2) is 6.70. The van der Waals surface area contributed by atoms with Crippen LogP contribution in [0.15, 0.2) is 24.3 Å². The fraction of sp³-hybridized carbons (Fsp3) is 0.600. The van der Waals surface area contributed by atoms with Crippen molar-refractivity contribution in [2.45, 2.75) is 46.6 Å². The van der Waals surface area contributed by atoms with Crippen molar-refractivity contribution in [2.75, 3.05) is 6.54 Å². The van der Waals surface area contributed by atoms with E-state index in [1.807, 2.05) is 0 Å². The van der Waals surface area contributed by atoms with Gasteiger partial charge in [-0.25, -0.2) is 0 Å². The van der Waals surface area contributed by atoms with Crippen molar-refractivity contribution < 1.29 is 0 Å². The molecule has 1 aromatic carbocycles. The molecule has 0 aliphatic heterocycles. The summed E-state index contributed by atoms with van der Waals surface area (Å²) in [6.45, 7) is 10.0. The molecular weight excluding hydrogens is 194 g/mol. The van der Waals surface area contributed by atoms with Gasteiger partial charge < -0.3 is 5.32 Å². The molecule has 0 radical (unpaired) electrons. The van der Waals surface area contributed by atoms with E-state index in [4.69, 9.17) is 0 Å². The minimum atomic E-state index is 0.466. The van der Waals surface area contributed by atoms with E-state index in [0.717, 1.165) is 12.5 Å². The van der Waals surface area contributed by atoms with Gasteiger partial charge in [-0.1, -0.05) is 43.7 Å². The van der Waals surface area contributed by atoms with Crippen LogP contribution in [-0.4, -0.2) is 6.54 Å². The summed E-state index contributed by atoms with van der Waals surface area (Å²) in [7, 11) is 0. The molecule has 1 aromatic rings. The van der Waals surface area contributed by atoms with Gasteiger partial charge in [-0.2, -0.15) is 0 Å². The lowest BCUT2D eigenvalue weighted by molar-refractivity contribution is 0.497. The summed E-state index contributed by atoms with van der Waals surface area (Å²) in [6.07, 6.45) is 2.58. The number of aryl methyl sites for hydroxylation is 1. The van der Waals surface area contributed by atoms with Crippen LogP contribution in [0.5, 0.6) is 0 Å². The van der Waals surface area contributed by atoms with Crippen LogP contribution < -0.4 is 5.32 Å². The maximum Gasteiger partial charge on any atom is 0.0291 e. The standard InChI is InChI=1S/C15H25N/c1-12(2)6-5-11-16-14(4)15-9-7-13(3)8-10-15/h7-10,12,14,16H,5-6,11H2,1-4H3/t14-/m0/s1. The maximum absolute atomic E-state index is 3.57. The highest BCUT2D eigenvalue weighted by Crippen LogP contribution is 2.13. The number of rotatable bonds is 6. The fourth-order valence-electron chi connectivity index (χ4n) is 1.80. The highest BCUT2D eigenvalue weighted by molar-refractivity contribution is 5.23. The summed E-state index contributed by atoms with van der Waals surface area (Å²) in [5, 5.41) is 3.57. The zero-order chi connectivity index (χ0) is 12.0. The Labute approximate surface area is 100 Å². The van der Waals surface area contributed by atoms with Gasteiger partial charge in [-0.15, -0.1) is 0 Å². The predicted molar refractivity (Wildman–Crippen MR) is 71.7 cm³/mol. The molecule has 0 saturated carbocycles. The third-order valence-electron chi connectivity index (χ3n) is 2.99. The molecule has 0 aliphatic rings. The topological polar surface area (TPSA) is 12.0 Å². The SMILES string of the molecule is Cc1ccc([C@H](C)NCCCC(C)C)cc1. The molecule has 1 rings (SSSR count). The molecule has 1 heteroatoms.